The average Bonchev–Trinajstić information content (AvgIpc) is 2.09. The lowest BCUT2D eigenvalue weighted by Crippen LogP contribution is -2.24. The topological polar surface area (TPSA) is 60.9 Å². The van der Waals surface area contributed by atoms with E-state index in [0.717, 1.165) is 11.8 Å². The zero-order valence-corrected chi connectivity index (χ0v) is 8.12. The predicted molar refractivity (Wildman–Crippen MR) is 52.3 cm³/mol. The number of hydrogen-bond donors (Lipinski definition) is 1. The van der Waals surface area contributed by atoms with Gasteiger partial charge in [-0.3, -0.25) is 4.57 Å². The van der Waals surface area contributed by atoms with Gasteiger partial charge in [-0.1, -0.05) is 11.6 Å². The number of nitrogens with zero attached hydrogens (tertiary/aromatic N) is 2. The summed E-state index contributed by atoms with van der Waals surface area (Å²) in [6, 6.07) is 0. The fraction of sp³-hybridized carbons (Fsp3) is 0.333. The second kappa shape index (κ2) is 4.04. The Hall–Kier alpha value is -1.65. The summed E-state index contributed by atoms with van der Waals surface area (Å²) in [5.41, 5.74) is 5.64. The van der Waals surface area contributed by atoms with Crippen molar-refractivity contribution in [2.24, 2.45) is 0 Å². The van der Waals surface area contributed by atoms with Gasteiger partial charge in [0.05, 0.1) is 0 Å². The van der Waals surface area contributed by atoms with Crippen molar-refractivity contribution in [2.45, 2.75) is 20.4 Å². The van der Waals surface area contributed by atoms with Crippen molar-refractivity contribution in [3.63, 3.8) is 0 Å². The fourth-order valence-electron chi connectivity index (χ4n) is 0.891. The normalized spacial score (nSPS) is 9.93. The van der Waals surface area contributed by atoms with Crippen molar-refractivity contribution in [3.8, 4) is 0 Å². The lowest BCUT2D eigenvalue weighted by Gasteiger charge is -2.02. The van der Waals surface area contributed by atoms with Gasteiger partial charge in [0.1, 0.15) is 0 Å². The van der Waals surface area contributed by atoms with E-state index >= 15 is 0 Å². The molecule has 0 amide bonds. The molecule has 2 N–H and O–H groups in total. The molecule has 0 radical (unpaired) electrons. The third kappa shape index (κ3) is 2.42. The van der Waals surface area contributed by atoms with Crippen LogP contribution in [-0.4, -0.2) is 9.55 Å². The summed E-state index contributed by atoms with van der Waals surface area (Å²) in [5.74, 6) is -1.03. The molecule has 1 aromatic heterocycles. The number of nitrogens with two attached hydrogens (primary N) is 1. The van der Waals surface area contributed by atoms with E-state index in [0.29, 0.717) is 6.54 Å². The Kier molecular flexibility index (Phi) is 3.01. The van der Waals surface area contributed by atoms with E-state index in [4.69, 9.17) is 5.73 Å². The molecule has 1 aromatic rings. The molecule has 0 fully saturated rings. The van der Waals surface area contributed by atoms with Gasteiger partial charge in [0.25, 0.3) is 0 Å². The van der Waals surface area contributed by atoms with E-state index in [9.17, 15) is 9.18 Å². The molecular formula is C9H12FN3O. The van der Waals surface area contributed by atoms with Crippen LogP contribution in [0.15, 0.2) is 22.6 Å². The molecule has 0 bridgehead atoms. The monoisotopic (exact) mass is 197 g/mol. The lowest BCUT2D eigenvalue weighted by molar-refractivity contribution is 0.588. The van der Waals surface area contributed by atoms with Crippen molar-refractivity contribution < 1.29 is 4.39 Å². The lowest BCUT2D eigenvalue weighted by atomic mass is 10.3. The van der Waals surface area contributed by atoms with E-state index in [1.807, 2.05) is 13.8 Å². The van der Waals surface area contributed by atoms with Gasteiger partial charge in [0, 0.05) is 12.7 Å². The molecule has 0 aliphatic rings. The van der Waals surface area contributed by atoms with Gasteiger partial charge in [0.15, 0.2) is 11.6 Å². The van der Waals surface area contributed by atoms with Crippen LogP contribution in [0.1, 0.15) is 13.8 Å². The first-order chi connectivity index (χ1) is 6.50. The maximum Gasteiger partial charge on any atom is 0.349 e. The molecule has 0 saturated carbocycles. The smallest absolute Gasteiger partial charge is 0.349 e. The Morgan fingerprint density at radius 2 is 2.36 bits per heavy atom. The highest BCUT2D eigenvalue weighted by Crippen LogP contribution is 2.01. The van der Waals surface area contributed by atoms with Crippen molar-refractivity contribution in [2.75, 3.05) is 5.73 Å². The van der Waals surface area contributed by atoms with Gasteiger partial charge in [-0.25, -0.2) is 9.18 Å². The van der Waals surface area contributed by atoms with E-state index in [1.165, 1.54) is 4.57 Å². The minimum Gasteiger partial charge on any atom is -0.381 e. The standard InChI is InChI=1S/C9H12FN3O/c1-6(2)3-4-13-5-7(10)8(11)12-9(13)14/h3,5H,4H2,1-2H3,(H2,11,12,14). The van der Waals surface area contributed by atoms with E-state index in [1.54, 1.807) is 6.08 Å². The van der Waals surface area contributed by atoms with Crippen LogP contribution in [0.4, 0.5) is 10.2 Å². The van der Waals surface area contributed by atoms with Crippen molar-refractivity contribution in [1.29, 1.82) is 0 Å². The first-order valence-electron chi connectivity index (χ1n) is 4.16. The molecule has 0 aliphatic heterocycles. The highest BCUT2D eigenvalue weighted by molar-refractivity contribution is 5.26. The van der Waals surface area contributed by atoms with Gasteiger partial charge in [-0.05, 0) is 13.8 Å². The van der Waals surface area contributed by atoms with Crippen molar-refractivity contribution in [3.05, 3.63) is 34.1 Å². The van der Waals surface area contributed by atoms with Crippen LogP contribution in [-0.2, 0) is 6.54 Å². The largest absolute Gasteiger partial charge is 0.381 e. The molecule has 0 aliphatic carbocycles. The third-order valence-corrected chi connectivity index (χ3v) is 1.67. The summed E-state index contributed by atoms with van der Waals surface area (Å²) >= 11 is 0. The van der Waals surface area contributed by atoms with Crippen molar-refractivity contribution >= 4 is 5.82 Å². The Bertz CT molecular complexity index is 419. The maximum atomic E-state index is 12.9. The quantitative estimate of drug-likeness (QED) is 0.717. The average molecular weight is 197 g/mol. The van der Waals surface area contributed by atoms with Crippen LogP contribution >= 0.6 is 0 Å². The number of allylic oxidation sites excluding steroid dienone is 2. The second-order valence-corrected chi connectivity index (χ2v) is 3.19. The van der Waals surface area contributed by atoms with Crippen LogP contribution < -0.4 is 11.4 Å². The fourth-order valence-corrected chi connectivity index (χ4v) is 0.891. The Morgan fingerprint density at radius 3 is 2.93 bits per heavy atom. The molecule has 0 atom stereocenters. The Labute approximate surface area is 80.9 Å². The summed E-state index contributed by atoms with van der Waals surface area (Å²) in [6.07, 6.45) is 2.86. The molecule has 1 rings (SSSR count). The summed E-state index contributed by atoms with van der Waals surface area (Å²) in [6.45, 7) is 4.10. The Balaban J connectivity index is 3.05. The van der Waals surface area contributed by atoms with Gasteiger partial charge in [-0.15, -0.1) is 0 Å². The number of halogens is 1. The van der Waals surface area contributed by atoms with Crippen molar-refractivity contribution in [1.82, 2.24) is 9.55 Å². The number of anilines is 1. The summed E-state index contributed by atoms with van der Waals surface area (Å²) < 4.78 is 14.1. The van der Waals surface area contributed by atoms with E-state index in [-0.39, 0.29) is 5.82 Å². The first-order valence-corrected chi connectivity index (χ1v) is 4.16. The maximum absolute atomic E-state index is 12.9. The SMILES string of the molecule is CC(C)=CCn1cc(F)c(N)nc1=O. The molecule has 0 aromatic carbocycles. The molecule has 5 heteroatoms. The number of hydrogen-bond acceptors (Lipinski definition) is 3. The molecule has 4 nitrogen and oxygen atoms in total. The van der Waals surface area contributed by atoms with Crippen LogP contribution in [0.5, 0.6) is 0 Å². The van der Waals surface area contributed by atoms with Crippen LogP contribution in [0.3, 0.4) is 0 Å². The molecule has 1 heterocycles. The van der Waals surface area contributed by atoms with Gasteiger partial charge in [-0.2, -0.15) is 4.98 Å². The highest BCUT2D eigenvalue weighted by Gasteiger charge is 2.03. The third-order valence-electron chi connectivity index (χ3n) is 1.67. The molecular weight excluding hydrogens is 185 g/mol. The molecule has 14 heavy (non-hydrogen) atoms. The molecule has 0 spiro atoms. The van der Waals surface area contributed by atoms with E-state index in [2.05, 4.69) is 4.98 Å². The summed E-state index contributed by atoms with van der Waals surface area (Å²) in [4.78, 5) is 14.5. The highest BCUT2D eigenvalue weighted by atomic mass is 19.1. The van der Waals surface area contributed by atoms with Crippen LogP contribution in [0.2, 0.25) is 0 Å². The first kappa shape index (κ1) is 10.4. The molecule has 0 saturated heterocycles. The summed E-state index contributed by atoms with van der Waals surface area (Å²) in [5, 5.41) is 0. The van der Waals surface area contributed by atoms with Crippen LogP contribution in [0, 0.1) is 5.82 Å². The Morgan fingerprint density at radius 1 is 1.71 bits per heavy atom. The van der Waals surface area contributed by atoms with Gasteiger partial charge < -0.3 is 5.73 Å². The zero-order valence-electron chi connectivity index (χ0n) is 8.12. The molecule has 76 valence electrons. The van der Waals surface area contributed by atoms with Gasteiger partial charge in [0.2, 0.25) is 0 Å². The number of nitrogen functional groups attached to an aromatic ring is 1. The summed E-state index contributed by atoms with van der Waals surface area (Å²) in [7, 11) is 0. The second-order valence-electron chi connectivity index (χ2n) is 3.19. The minimum absolute atomic E-state index is 0.311. The van der Waals surface area contributed by atoms with Gasteiger partial charge >= 0.3 is 5.69 Å². The van der Waals surface area contributed by atoms with E-state index < -0.39 is 11.5 Å². The predicted octanol–water partition coefficient (Wildman–Crippen LogP) is 0.931. The number of rotatable bonds is 2. The van der Waals surface area contributed by atoms with Crippen LogP contribution in [0.25, 0.3) is 0 Å². The number of aromatic nitrogens is 2. The molecule has 0 unspecified atom stereocenters. The minimum atomic E-state index is -0.674. The zero-order chi connectivity index (χ0) is 10.7.